The third kappa shape index (κ3) is 3.50. The number of sulfonamides is 1. The molecule has 0 bridgehead atoms. The maximum absolute atomic E-state index is 12.7. The van der Waals surface area contributed by atoms with Crippen LogP contribution in [0.25, 0.3) is 27.8 Å². The highest BCUT2D eigenvalue weighted by molar-refractivity contribution is 7.90. The van der Waals surface area contributed by atoms with Crippen molar-refractivity contribution in [1.82, 2.24) is 19.3 Å². The third-order valence-corrected chi connectivity index (χ3v) is 6.01. The number of aromatic amines is 1. The monoisotopic (exact) mass is 422 g/mol. The van der Waals surface area contributed by atoms with Crippen LogP contribution in [0.5, 0.6) is 0 Å². The Balaban J connectivity index is 1.90. The molecule has 4 aromatic rings. The van der Waals surface area contributed by atoms with Gasteiger partial charge >= 0.3 is 0 Å². The number of fused-ring (bicyclic) bond motifs is 1. The molecule has 2 aromatic carbocycles. The minimum Gasteiger partial charge on any atom is -0.310 e. The fraction of sp³-hybridized carbons (Fsp3) is 0.0952. The van der Waals surface area contributed by atoms with Gasteiger partial charge in [-0.1, -0.05) is 30.3 Å². The Kier molecular flexibility index (Phi) is 4.75. The van der Waals surface area contributed by atoms with Gasteiger partial charge < -0.3 is 9.55 Å². The fourth-order valence-corrected chi connectivity index (χ4v) is 4.30. The average Bonchev–Trinajstić information content (AvgIpc) is 3.07. The van der Waals surface area contributed by atoms with Crippen LogP contribution in [-0.2, 0) is 14.8 Å². The molecule has 9 heteroatoms. The quantitative estimate of drug-likeness (QED) is 0.525. The number of nitrogens with zero attached hydrogens (tertiary/aromatic N) is 2. The van der Waals surface area contributed by atoms with Crippen LogP contribution in [0.4, 0.5) is 0 Å². The Morgan fingerprint density at radius 1 is 1.07 bits per heavy atom. The van der Waals surface area contributed by atoms with Gasteiger partial charge in [-0.05, 0) is 36.8 Å². The number of carbonyl (C=O) groups is 1. The number of amides is 1. The summed E-state index contributed by atoms with van der Waals surface area (Å²) in [6.45, 7) is 2.83. The first-order valence-electron chi connectivity index (χ1n) is 9.07. The Labute approximate surface area is 172 Å². The lowest BCUT2D eigenvalue weighted by Crippen LogP contribution is -2.28. The molecular formula is C21H18N4O4S. The molecule has 1 amide bonds. The van der Waals surface area contributed by atoms with Crippen molar-refractivity contribution in [1.29, 1.82) is 0 Å². The molecule has 0 radical (unpaired) electrons. The minimum absolute atomic E-state index is 0.0387. The second-order valence-electron chi connectivity index (χ2n) is 6.78. The Hall–Kier alpha value is -3.72. The van der Waals surface area contributed by atoms with E-state index in [2.05, 4.69) is 9.97 Å². The number of carbonyl (C=O) groups excluding carboxylic acids is 1. The van der Waals surface area contributed by atoms with Gasteiger partial charge in [-0.25, -0.2) is 18.1 Å². The summed E-state index contributed by atoms with van der Waals surface area (Å²) in [5.74, 6) is -0.196. The molecule has 8 nitrogen and oxygen atoms in total. The minimum atomic E-state index is -3.93. The van der Waals surface area contributed by atoms with Crippen LogP contribution in [0.2, 0.25) is 0 Å². The van der Waals surface area contributed by atoms with Crippen molar-refractivity contribution in [3.63, 3.8) is 0 Å². The Morgan fingerprint density at radius 3 is 2.37 bits per heavy atom. The van der Waals surface area contributed by atoms with Gasteiger partial charge in [0.1, 0.15) is 5.82 Å². The number of aromatic nitrogens is 3. The van der Waals surface area contributed by atoms with Crippen LogP contribution in [0.15, 0.2) is 70.5 Å². The predicted molar refractivity (Wildman–Crippen MR) is 113 cm³/mol. The van der Waals surface area contributed by atoms with Gasteiger partial charge in [-0.15, -0.1) is 0 Å². The van der Waals surface area contributed by atoms with Crippen LogP contribution in [-0.4, -0.2) is 28.9 Å². The molecule has 0 aliphatic carbocycles. The van der Waals surface area contributed by atoms with Gasteiger partial charge in [0.15, 0.2) is 5.65 Å². The Morgan fingerprint density at radius 2 is 1.73 bits per heavy atom. The summed E-state index contributed by atoms with van der Waals surface area (Å²) in [6, 6.07) is 15.5. The molecule has 2 aromatic heterocycles. The number of hydrogen-bond donors (Lipinski definition) is 2. The first kappa shape index (κ1) is 19.6. The lowest BCUT2D eigenvalue weighted by Gasteiger charge is -2.08. The molecule has 0 aliphatic heterocycles. The summed E-state index contributed by atoms with van der Waals surface area (Å²) in [6.07, 6.45) is 1.80. The van der Waals surface area contributed by atoms with Gasteiger partial charge in [0.05, 0.1) is 10.3 Å². The fourth-order valence-electron chi connectivity index (χ4n) is 3.31. The van der Waals surface area contributed by atoms with Gasteiger partial charge in [0.25, 0.3) is 15.6 Å². The van der Waals surface area contributed by atoms with Crippen LogP contribution in [0.1, 0.15) is 12.7 Å². The molecule has 0 saturated carbocycles. The highest BCUT2D eigenvalue weighted by atomic mass is 32.2. The molecule has 4 rings (SSSR count). The molecule has 0 spiro atoms. The van der Waals surface area contributed by atoms with E-state index in [0.717, 1.165) is 12.5 Å². The van der Waals surface area contributed by atoms with E-state index in [1.165, 1.54) is 12.1 Å². The zero-order valence-corrected chi connectivity index (χ0v) is 17.0. The van der Waals surface area contributed by atoms with Crippen LogP contribution >= 0.6 is 0 Å². The SMILES string of the molecule is CC(=O)NS(=O)(=O)c1ccc(-n2cc(-c3ccccc3)c3c(=O)[nH]c(C)nc32)cc1. The van der Waals surface area contributed by atoms with E-state index >= 15 is 0 Å². The number of hydrogen-bond acceptors (Lipinski definition) is 5. The van der Waals surface area contributed by atoms with Crippen molar-refractivity contribution in [2.45, 2.75) is 18.7 Å². The topological polar surface area (TPSA) is 114 Å². The van der Waals surface area contributed by atoms with E-state index in [9.17, 15) is 18.0 Å². The first-order chi connectivity index (χ1) is 14.3. The van der Waals surface area contributed by atoms with Crippen molar-refractivity contribution in [3.05, 3.63) is 77.0 Å². The number of rotatable bonds is 4. The average molecular weight is 422 g/mol. The van der Waals surface area contributed by atoms with Crippen LogP contribution in [0, 0.1) is 6.92 Å². The Bertz CT molecular complexity index is 1420. The maximum atomic E-state index is 12.7. The molecule has 2 heterocycles. The normalized spacial score (nSPS) is 11.5. The van der Waals surface area contributed by atoms with Crippen molar-refractivity contribution in [2.24, 2.45) is 0 Å². The smallest absolute Gasteiger partial charge is 0.264 e. The first-order valence-corrected chi connectivity index (χ1v) is 10.6. The summed E-state index contributed by atoms with van der Waals surface area (Å²) < 4.78 is 28.0. The molecule has 152 valence electrons. The van der Waals surface area contributed by atoms with Gasteiger partial charge in [-0.3, -0.25) is 9.59 Å². The van der Waals surface area contributed by atoms with E-state index in [0.29, 0.717) is 28.1 Å². The van der Waals surface area contributed by atoms with Gasteiger partial charge in [-0.2, -0.15) is 0 Å². The van der Waals surface area contributed by atoms with Crippen molar-refractivity contribution >= 4 is 27.0 Å². The summed E-state index contributed by atoms with van der Waals surface area (Å²) in [4.78, 5) is 31.0. The van der Waals surface area contributed by atoms with E-state index in [1.54, 1.807) is 29.8 Å². The second kappa shape index (κ2) is 7.27. The molecule has 2 N–H and O–H groups in total. The molecule has 0 atom stereocenters. The zero-order chi connectivity index (χ0) is 21.5. The molecule has 0 saturated heterocycles. The molecule has 0 fully saturated rings. The van der Waals surface area contributed by atoms with Gasteiger partial charge in [0, 0.05) is 24.4 Å². The summed E-state index contributed by atoms with van der Waals surface area (Å²) in [7, 11) is -3.93. The predicted octanol–water partition coefficient (Wildman–Crippen LogP) is 2.51. The lowest BCUT2D eigenvalue weighted by atomic mass is 10.1. The third-order valence-electron chi connectivity index (χ3n) is 4.56. The molecule has 0 unspecified atom stereocenters. The van der Waals surface area contributed by atoms with E-state index in [1.807, 2.05) is 35.1 Å². The summed E-state index contributed by atoms with van der Waals surface area (Å²) in [5.41, 5.74) is 2.42. The maximum Gasteiger partial charge on any atom is 0.264 e. The van der Waals surface area contributed by atoms with Crippen molar-refractivity contribution < 1.29 is 13.2 Å². The molecule has 0 aliphatic rings. The van der Waals surface area contributed by atoms with E-state index < -0.39 is 15.9 Å². The standard InChI is InChI=1S/C21H18N4O4S/c1-13-22-20-19(21(27)23-13)18(15-6-4-3-5-7-15)12-25(20)16-8-10-17(11-9-16)30(28,29)24-14(2)26/h3-12H,1-2H3,(H,24,26)(H,22,23,27). The van der Waals surface area contributed by atoms with Crippen LogP contribution in [0.3, 0.4) is 0 Å². The largest absolute Gasteiger partial charge is 0.310 e. The lowest BCUT2D eigenvalue weighted by molar-refractivity contribution is -0.117. The zero-order valence-electron chi connectivity index (χ0n) is 16.2. The summed E-state index contributed by atoms with van der Waals surface area (Å²) >= 11 is 0. The number of H-pyrrole nitrogens is 1. The summed E-state index contributed by atoms with van der Waals surface area (Å²) in [5, 5.41) is 0.446. The highest BCUT2D eigenvalue weighted by Crippen LogP contribution is 2.29. The van der Waals surface area contributed by atoms with Crippen LogP contribution < -0.4 is 10.3 Å². The van der Waals surface area contributed by atoms with E-state index in [4.69, 9.17) is 0 Å². The molecule has 30 heavy (non-hydrogen) atoms. The van der Waals surface area contributed by atoms with E-state index in [-0.39, 0.29) is 10.5 Å². The van der Waals surface area contributed by atoms with Crippen molar-refractivity contribution in [3.8, 4) is 16.8 Å². The highest BCUT2D eigenvalue weighted by Gasteiger charge is 2.18. The molecular weight excluding hydrogens is 404 g/mol. The number of aryl methyl sites for hydroxylation is 1. The van der Waals surface area contributed by atoms with Crippen molar-refractivity contribution in [2.75, 3.05) is 0 Å². The number of benzene rings is 2. The number of nitrogens with one attached hydrogen (secondary N) is 2. The van der Waals surface area contributed by atoms with Gasteiger partial charge in [0.2, 0.25) is 5.91 Å². The second-order valence-corrected chi connectivity index (χ2v) is 8.47.